The van der Waals surface area contributed by atoms with Crippen LogP contribution >= 0.6 is 7.60 Å². The first kappa shape index (κ1) is 28.9. The van der Waals surface area contributed by atoms with Crippen molar-refractivity contribution in [3.8, 4) is 0 Å². The van der Waals surface area contributed by atoms with E-state index in [0.717, 1.165) is 16.7 Å². The first-order valence-electron chi connectivity index (χ1n) is 13.0. The maximum absolute atomic E-state index is 14.0. The molecule has 1 heterocycles. The summed E-state index contributed by atoms with van der Waals surface area (Å²) in [5.41, 5.74) is 2.86. The lowest BCUT2D eigenvalue weighted by Crippen LogP contribution is -2.54. The van der Waals surface area contributed by atoms with Crippen LogP contribution < -0.4 is 0 Å². The molecule has 1 aliphatic rings. The number of carbonyl (C=O) groups is 2. The fourth-order valence-corrected chi connectivity index (χ4v) is 6.01. The van der Waals surface area contributed by atoms with Gasteiger partial charge in [0.15, 0.2) is 0 Å². The molecule has 3 rings (SSSR count). The molecule has 37 heavy (non-hydrogen) atoms. The van der Waals surface area contributed by atoms with Crippen LogP contribution in [-0.4, -0.2) is 53.9 Å². The van der Waals surface area contributed by atoms with Crippen molar-refractivity contribution in [1.82, 2.24) is 9.80 Å². The molecule has 0 aromatic heterocycles. The highest BCUT2D eigenvalue weighted by Crippen LogP contribution is 2.48. The van der Waals surface area contributed by atoms with Gasteiger partial charge in [0.2, 0.25) is 0 Å². The van der Waals surface area contributed by atoms with Crippen LogP contribution in [0.5, 0.6) is 0 Å². The van der Waals surface area contributed by atoms with Crippen molar-refractivity contribution in [2.75, 3.05) is 26.0 Å². The van der Waals surface area contributed by atoms with E-state index in [1.54, 1.807) is 13.8 Å². The summed E-state index contributed by atoms with van der Waals surface area (Å²) >= 11 is 0. The molecule has 2 aromatic carbocycles. The number of benzene rings is 2. The van der Waals surface area contributed by atoms with Crippen LogP contribution in [-0.2, 0) is 42.7 Å². The molecule has 2 amide bonds. The minimum atomic E-state index is -3.54. The van der Waals surface area contributed by atoms with Crippen LogP contribution in [0.2, 0.25) is 0 Å². The van der Waals surface area contributed by atoms with Crippen molar-refractivity contribution in [3.63, 3.8) is 0 Å². The van der Waals surface area contributed by atoms with E-state index in [4.69, 9.17) is 13.8 Å². The topological polar surface area (TPSA) is 85.4 Å². The molecule has 0 aliphatic carbocycles. The van der Waals surface area contributed by atoms with Gasteiger partial charge in [-0.2, -0.15) is 0 Å². The van der Waals surface area contributed by atoms with Crippen LogP contribution in [0.25, 0.3) is 0 Å². The fourth-order valence-electron chi connectivity index (χ4n) is 4.30. The third-order valence-corrected chi connectivity index (χ3v) is 8.22. The van der Waals surface area contributed by atoms with E-state index in [9.17, 15) is 14.2 Å². The van der Waals surface area contributed by atoms with Gasteiger partial charge in [-0.15, -0.1) is 0 Å². The van der Waals surface area contributed by atoms with Crippen LogP contribution in [0.1, 0.15) is 50.8 Å². The number of carbonyl (C=O) groups excluding carboxylic acids is 2. The third-order valence-electron chi connectivity index (χ3n) is 6.23. The van der Waals surface area contributed by atoms with Gasteiger partial charge in [0.05, 0.1) is 13.2 Å². The summed E-state index contributed by atoms with van der Waals surface area (Å²) in [6, 6.07) is 16.1. The van der Waals surface area contributed by atoms with Gasteiger partial charge in [0.25, 0.3) is 0 Å². The van der Waals surface area contributed by atoms with Gasteiger partial charge >= 0.3 is 19.6 Å². The first-order chi connectivity index (χ1) is 17.8. The molecule has 0 spiro atoms. The molecule has 0 saturated heterocycles. The van der Waals surface area contributed by atoms with Crippen LogP contribution in [0.3, 0.4) is 0 Å². The van der Waals surface area contributed by atoms with E-state index in [-0.39, 0.29) is 38.7 Å². The molecule has 202 valence electrons. The molecule has 0 N–H and O–H groups in total. The second-order valence-corrected chi connectivity index (χ2v) is 11.5. The number of hydrogen-bond donors (Lipinski definition) is 0. The van der Waals surface area contributed by atoms with E-state index in [2.05, 4.69) is 13.8 Å². The summed E-state index contributed by atoms with van der Waals surface area (Å²) in [4.78, 5) is 30.4. The van der Waals surface area contributed by atoms with E-state index < -0.39 is 19.6 Å². The van der Waals surface area contributed by atoms with Gasteiger partial charge in [-0.05, 0) is 42.9 Å². The Morgan fingerprint density at radius 1 is 1.00 bits per heavy atom. The van der Waals surface area contributed by atoms with E-state index in [1.165, 1.54) is 9.80 Å². The van der Waals surface area contributed by atoms with Crippen molar-refractivity contribution < 1.29 is 27.9 Å². The van der Waals surface area contributed by atoms with Crippen molar-refractivity contribution in [1.29, 1.82) is 0 Å². The minimum Gasteiger partial charge on any atom is -0.459 e. The largest absolute Gasteiger partial charge is 0.459 e. The van der Waals surface area contributed by atoms with Crippen LogP contribution in [0.15, 0.2) is 54.6 Å². The lowest BCUT2D eigenvalue weighted by Gasteiger charge is -2.39. The van der Waals surface area contributed by atoms with Gasteiger partial charge < -0.3 is 23.6 Å². The summed E-state index contributed by atoms with van der Waals surface area (Å²) in [6.45, 7) is 8.77. The third kappa shape index (κ3) is 8.16. The van der Waals surface area contributed by atoms with Gasteiger partial charge in [0, 0.05) is 19.5 Å². The monoisotopic (exact) mass is 530 g/mol. The average Bonchev–Trinajstić information content (AvgIpc) is 2.89. The van der Waals surface area contributed by atoms with E-state index in [0.29, 0.717) is 25.3 Å². The normalized spacial score (nSPS) is 15.4. The van der Waals surface area contributed by atoms with E-state index >= 15 is 0 Å². The second-order valence-electron chi connectivity index (χ2n) is 9.53. The maximum atomic E-state index is 14.0. The number of nitrogens with zero attached hydrogens (tertiary/aromatic N) is 2. The van der Waals surface area contributed by atoms with Gasteiger partial charge in [-0.3, -0.25) is 4.57 Å². The summed E-state index contributed by atoms with van der Waals surface area (Å²) in [5.74, 6) is -0.143. The zero-order valence-corrected chi connectivity index (χ0v) is 23.2. The zero-order valence-electron chi connectivity index (χ0n) is 22.3. The van der Waals surface area contributed by atoms with Crippen molar-refractivity contribution >= 4 is 19.6 Å². The Hall–Kier alpha value is -2.67. The molecule has 8 nitrogen and oxygen atoms in total. The molecule has 9 heteroatoms. The van der Waals surface area contributed by atoms with Gasteiger partial charge in [-0.25, -0.2) is 9.59 Å². The number of esters is 1. The number of amides is 2. The molecule has 0 bridgehead atoms. The van der Waals surface area contributed by atoms with Gasteiger partial charge in [0.1, 0.15) is 18.9 Å². The first-order valence-corrected chi connectivity index (χ1v) is 14.7. The predicted octanol–water partition coefficient (Wildman–Crippen LogP) is 5.85. The molecule has 1 aliphatic heterocycles. The molecule has 0 fully saturated rings. The molecular weight excluding hydrogens is 491 g/mol. The van der Waals surface area contributed by atoms with Crippen molar-refractivity contribution in [2.45, 2.75) is 59.7 Å². The van der Waals surface area contributed by atoms with Crippen LogP contribution in [0.4, 0.5) is 4.79 Å². The van der Waals surface area contributed by atoms with Gasteiger partial charge in [-0.1, -0.05) is 68.4 Å². The smallest absolute Gasteiger partial charge is 0.349 e. The van der Waals surface area contributed by atoms with Crippen LogP contribution in [0, 0.1) is 5.92 Å². The van der Waals surface area contributed by atoms with E-state index in [1.807, 2.05) is 54.6 Å². The molecule has 0 radical (unpaired) electrons. The molecule has 1 atom stereocenters. The summed E-state index contributed by atoms with van der Waals surface area (Å²) in [7, 11) is -3.54. The molecule has 0 saturated carbocycles. The Bertz CT molecular complexity index is 1070. The average molecular weight is 531 g/mol. The Kier molecular flexibility index (Phi) is 10.7. The maximum Gasteiger partial charge on any atom is 0.349 e. The number of fused-ring (bicyclic) bond motifs is 1. The molecular formula is C28H39N2O6P. The Labute approximate surface area is 220 Å². The number of rotatable bonds is 12. The summed E-state index contributed by atoms with van der Waals surface area (Å²) < 4.78 is 30.0. The lowest BCUT2D eigenvalue weighted by atomic mass is 9.94. The Morgan fingerprint density at radius 2 is 1.62 bits per heavy atom. The highest BCUT2D eigenvalue weighted by atomic mass is 31.2. The SMILES string of the molecule is CCOP(=O)(CN(CCC(C)C)C(=O)N1Cc2ccccc2CC1C(=O)OCc1ccccc1)OCC. The number of hydrogen-bond acceptors (Lipinski definition) is 6. The Balaban J connectivity index is 1.88. The molecule has 2 aromatic rings. The summed E-state index contributed by atoms with van der Waals surface area (Å²) in [5, 5.41) is 0. The van der Waals surface area contributed by atoms with Crippen molar-refractivity contribution in [2.24, 2.45) is 5.92 Å². The molecule has 1 unspecified atom stereocenters. The fraction of sp³-hybridized carbons (Fsp3) is 0.500. The van der Waals surface area contributed by atoms with Crippen molar-refractivity contribution in [3.05, 3.63) is 71.3 Å². The number of urea groups is 1. The highest BCUT2D eigenvalue weighted by molar-refractivity contribution is 7.53. The minimum absolute atomic E-state index is 0.126. The lowest BCUT2D eigenvalue weighted by molar-refractivity contribution is -0.151. The quantitative estimate of drug-likeness (QED) is 0.253. The standard InChI is InChI=1S/C28H39N2O6P/c1-5-35-37(33,36-6-2)21-29(17-16-22(3)4)28(32)30-19-25-15-11-10-14-24(25)18-26(30)27(31)34-20-23-12-8-7-9-13-23/h7-15,22,26H,5-6,16-21H2,1-4H3. The highest BCUT2D eigenvalue weighted by Gasteiger charge is 2.40. The Morgan fingerprint density at radius 3 is 2.24 bits per heavy atom. The zero-order chi connectivity index (χ0) is 26.8. The number of ether oxygens (including phenoxy) is 1. The second kappa shape index (κ2) is 13.8. The predicted molar refractivity (Wildman–Crippen MR) is 143 cm³/mol. The summed E-state index contributed by atoms with van der Waals surface area (Å²) in [6.07, 6.45) is 0.879.